The molecule has 0 aliphatic carbocycles. The smallest absolute Gasteiger partial charge is 0.228 e. The number of rotatable bonds is 2. The van der Waals surface area contributed by atoms with E-state index in [1.807, 2.05) is 20.9 Å². The lowest BCUT2D eigenvalue weighted by Gasteiger charge is -2.21. The van der Waals surface area contributed by atoms with Gasteiger partial charge in [0.2, 0.25) is 5.91 Å². The van der Waals surface area contributed by atoms with Gasteiger partial charge in [-0.25, -0.2) is 0 Å². The van der Waals surface area contributed by atoms with Gasteiger partial charge < -0.3 is 10.6 Å². The predicted octanol–water partition coefficient (Wildman–Crippen LogP) is 1.40. The van der Waals surface area contributed by atoms with E-state index in [-0.39, 0.29) is 24.2 Å². The van der Waals surface area contributed by atoms with Gasteiger partial charge in [0.25, 0.3) is 0 Å². The summed E-state index contributed by atoms with van der Waals surface area (Å²) in [5.74, 6) is 0.194. The second-order valence-corrected chi connectivity index (χ2v) is 4.70. The molecule has 5 nitrogen and oxygen atoms in total. The predicted molar refractivity (Wildman–Crippen MR) is 74.2 cm³/mol. The van der Waals surface area contributed by atoms with Crippen LogP contribution in [0.3, 0.4) is 0 Å². The van der Waals surface area contributed by atoms with Crippen LogP contribution in [0.4, 0.5) is 5.69 Å². The van der Waals surface area contributed by atoms with E-state index in [1.165, 1.54) is 0 Å². The van der Waals surface area contributed by atoms with Crippen LogP contribution in [0.1, 0.15) is 24.2 Å². The van der Waals surface area contributed by atoms with E-state index in [0.717, 1.165) is 43.0 Å². The molecule has 1 fully saturated rings. The zero-order valence-electron chi connectivity index (χ0n) is 11.1. The van der Waals surface area contributed by atoms with Gasteiger partial charge in [-0.3, -0.25) is 9.48 Å². The van der Waals surface area contributed by atoms with Gasteiger partial charge in [-0.1, -0.05) is 0 Å². The molecule has 1 amide bonds. The molecule has 1 atom stereocenters. The van der Waals surface area contributed by atoms with Crippen LogP contribution in [0.2, 0.25) is 0 Å². The molecule has 18 heavy (non-hydrogen) atoms. The second kappa shape index (κ2) is 6.20. The summed E-state index contributed by atoms with van der Waals surface area (Å²) in [7, 11) is 1.89. The molecule has 0 saturated carbocycles. The first-order chi connectivity index (χ1) is 8.09. The van der Waals surface area contributed by atoms with E-state index < -0.39 is 0 Å². The molecule has 6 heteroatoms. The van der Waals surface area contributed by atoms with E-state index in [0.29, 0.717) is 0 Å². The number of aromatic nitrogens is 2. The van der Waals surface area contributed by atoms with Gasteiger partial charge in [-0.15, -0.1) is 12.4 Å². The number of piperidine rings is 1. The first kappa shape index (κ1) is 15.0. The molecular formula is C12H21ClN4O. The highest BCUT2D eigenvalue weighted by atomic mass is 35.5. The molecule has 2 rings (SSSR count). The van der Waals surface area contributed by atoms with Gasteiger partial charge in [0, 0.05) is 13.6 Å². The van der Waals surface area contributed by atoms with Crippen molar-refractivity contribution in [3.63, 3.8) is 0 Å². The van der Waals surface area contributed by atoms with Crippen LogP contribution in [0, 0.1) is 19.8 Å². The summed E-state index contributed by atoms with van der Waals surface area (Å²) in [6.07, 6.45) is 2.04. The molecule has 1 aliphatic rings. The maximum Gasteiger partial charge on any atom is 0.228 e. The molecule has 0 radical (unpaired) electrons. The summed E-state index contributed by atoms with van der Waals surface area (Å²) < 4.78 is 1.80. The third-order valence-corrected chi connectivity index (χ3v) is 3.42. The number of halogens is 1. The minimum atomic E-state index is 0. The van der Waals surface area contributed by atoms with Gasteiger partial charge in [0.1, 0.15) is 0 Å². The highest BCUT2D eigenvalue weighted by Gasteiger charge is 2.22. The summed E-state index contributed by atoms with van der Waals surface area (Å²) in [6, 6.07) is 0. The summed E-state index contributed by atoms with van der Waals surface area (Å²) in [4.78, 5) is 12.1. The first-order valence-electron chi connectivity index (χ1n) is 6.11. The van der Waals surface area contributed by atoms with Crippen molar-refractivity contribution in [2.45, 2.75) is 26.7 Å². The Morgan fingerprint density at radius 2 is 2.22 bits per heavy atom. The van der Waals surface area contributed by atoms with Gasteiger partial charge in [0.05, 0.1) is 23.0 Å². The molecular weight excluding hydrogens is 252 g/mol. The van der Waals surface area contributed by atoms with Crippen LogP contribution >= 0.6 is 12.4 Å². The van der Waals surface area contributed by atoms with Crippen molar-refractivity contribution in [2.24, 2.45) is 13.0 Å². The standard InChI is InChI=1S/C12H20N4O.ClH/c1-8-11(9(2)16(3)15-8)14-12(17)10-5-4-6-13-7-10;/h10,13H,4-7H2,1-3H3,(H,14,17);1H/t10-;/m1./s1. The maximum absolute atomic E-state index is 12.1. The lowest BCUT2D eigenvalue weighted by Crippen LogP contribution is -2.37. The van der Waals surface area contributed by atoms with Crippen LogP contribution in [0.5, 0.6) is 0 Å². The monoisotopic (exact) mass is 272 g/mol. The number of nitrogens with one attached hydrogen (secondary N) is 2. The Labute approximate surface area is 114 Å². The van der Waals surface area contributed by atoms with Crippen molar-refractivity contribution in [1.82, 2.24) is 15.1 Å². The van der Waals surface area contributed by atoms with Crippen LogP contribution in [-0.2, 0) is 11.8 Å². The molecule has 102 valence electrons. The second-order valence-electron chi connectivity index (χ2n) is 4.70. The maximum atomic E-state index is 12.1. The van der Waals surface area contributed by atoms with Gasteiger partial charge in [-0.2, -0.15) is 5.10 Å². The van der Waals surface area contributed by atoms with Crippen LogP contribution in [0.25, 0.3) is 0 Å². The number of nitrogens with zero attached hydrogens (tertiary/aromatic N) is 2. The molecule has 0 spiro atoms. The van der Waals surface area contributed by atoms with E-state index in [4.69, 9.17) is 0 Å². The fourth-order valence-electron chi connectivity index (χ4n) is 2.26. The van der Waals surface area contributed by atoms with Gasteiger partial charge in [-0.05, 0) is 33.2 Å². The highest BCUT2D eigenvalue weighted by Crippen LogP contribution is 2.20. The van der Waals surface area contributed by atoms with Crippen molar-refractivity contribution < 1.29 is 4.79 Å². The summed E-state index contributed by atoms with van der Waals surface area (Å²) >= 11 is 0. The van der Waals surface area contributed by atoms with Crippen LogP contribution in [0.15, 0.2) is 0 Å². The lowest BCUT2D eigenvalue weighted by molar-refractivity contribution is -0.120. The molecule has 1 aliphatic heterocycles. The third-order valence-electron chi connectivity index (χ3n) is 3.42. The summed E-state index contributed by atoms with van der Waals surface area (Å²) in [5.41, 5.74) is 2.74. The minimum absolute atomic E-state index is 0. The Hall–Kier alpha value is -1.07. The van der Waals surface area contributed by atoms with E-state index in [2.05, 4.69) is 15.7 Å². The Balaban J connectivity index is 0.00000162. The Morgan fingerprint density at radius 3 is 2.72 bits per heavy atom. The molecule has 2 heterocycles. The molecule has 1 aromatic heterocycles. The number of aryl methyl sites for hydroxylation is 2. The average molecular weight is 273 g/mol. The van der Waals surface area contributed by atoms with Crippen molar-refractivity contribution >= 4 is 24.0 Å². The number of anilines is 1. The molecule has 0 bridgehead atoms. The first-order valence-corrected chi connectivity index (χ1v) is 6.11. The van der Waals surface area contributed by atoms with Crippen molar-refractivity contribution in [2.75, 3.05) is 18.4 Å². The Kier molecular flexibility index (Phi) is 5.16. The average Bonchev–Trinajstić information content (AvgIpc) is 2.57. The molecule has 1 saturated heterocycles. The third kappa shape index (κ3) is 3.03. The van der Waals surface area contributed by atoms with Gasteiger partial charge >= 0.3 is 0 Å². The topological polar surface area (TPSA) is 59.0 Å². The van der Waals surface area contributed by atoms with Gasteiger partial charge in [0.15, 0.2) is 0 Å². The molecule has 2 N–H and O–H groups in total. The lowest BCUT2D eigenvalue weighted by atomic mass is 9.99. The van der Waals surface area contributed by atoms with Crippen molar-refractivity contribution in [1.29, 1.82) is 0 Å². The van der Waals surface area contributed by atoms with Crippen molar-refractivity contribution in [3.8, 4) is 0 Å². The summed E-state index contributed by atoms with van der Waals surface area (Å²) in [5, 5.41) is 10.6. The van der Waals surface area contributed by atoms with E-state index in [1.54, 1.807) is 4.68 Å². The fourth-order valence-corrected chi connectivity index (χ4v) is 2.26. The zero-order chi connectivity index (χ0) is 12.4. The largest absolute Gasteiger partial charge is 0.323 e. The Morgan fingerprint density at radius 1 is 1.50 bits per heavy atom. The normalized spacial score (nSPS) is 19.2. The number of hydrogen-bond donors (Lipinski definition) is 2. The number of hydrogen-bond acceptors (Lipinski definition) is 3. The van der Waals surface area contributed by atoms with Crippen molar-refractivity contribution in [3.05, 3.63) is 11.4 Å². The van der Waals surface area contributed by atoms with E-state index >= 15 is 0 Å². The minimum Gasteiger partial charge on any atom is -0.323 e. The zero-order valence-corrected chi connectivity index (χ0v) is 11.9. The SMILES string of the molecule is Cc1nn(C)c(C)c1NC(=O)[C@@H]1CCCNC1.Cl. The Bertz CT molecular complexity index is 424. The number of carbonyl (C=O) groups is 1. The molecule has 0 unspecified atom stereocenters. The quantitative estimate of drug-likeness (QED) is 0.856. The molecule has 1 aromatic rings. The summed E-state index contributed by atoms with van der Waals surface area (Å²) in [6.45, 7) is 5.69. The fraction of sp³-hybridized carbons (Fsp3) is 0.667. The van der Waals surface area contributed by atoms with Crippen LogP contribution < -0.4 is 10.6 Å². The highest BCUT2D eigenvalue weighted by molar-refractivity contribution is 5.93. The number of amides is 1. The number of carbonyl (C=O) groups excluding carboxylic acids is 1. The van der Waals surface area contributed by atoms with E-state index in [9.17, 15) is 4.79 Å². The van der Waals surface area contributed by atoms with Crippen LogP contribution in [-0.4, -0.2) is 28.8 Å². The molecule has 0 aromatic carbocycles.